The highest BCUT2D eigenvalue weighted by molar-refractivity contribution is 5.26. The Morgan fingerprint density at radius 3 is 2.54 bits per heavy atom. The van der Waals surface area contributed by atoms with E-state index in [0.717, 1.165) is 30.6 Å². The Labute approximate surface area is 148 Å². The number of aliphatic hydroxyl groups excluding tert-OH is 2. The fraction of sp³-hybridized carbons (Fsp3) is 0.818. The first-order valence-electron chi connectivity index (χ1n) is 10.2. The smallest absolute Gasteiger partial charge is 0.0602 e. The lowest BCUT2D eigenvalue weighted by molar-refractivity contribution is 0.0609. The molecule has 3 aliphatic rings. The van der Waals surface area contributed by atoms with E-state index in [0.29, 0.717) is 11.8 Å². The molecule has 2 heteroatoms. The molecular formula is C22H36O2. The summed E-state index contributed by atoms with van der Waals surface area (Å²) in [5.41, 5.74) is 3.35. The summed E-state index contributed by atoms with van der Waals surface area (Å²) in [5.74, 6) is 2.46. The second kappa shape index (κ2) is 7.33. The van der Waals surface area contributed by atoms with E-state index in [1.807, 2.05) is 0 Å². The summed E-state index contributed by atoms with van der Waals surface area (Å²) in [5, 5.41) is 19.8. The molecule has 0 heterocycles. The monoisotopic (exact) mass is 332 g/mol. The van der Waals surface area contributed by atoms with Gasteiger partial charge in [-0.2, -0.15) is 0 Å². The second-order valence-electron chi connectivity index (χ2n) is 9.00. The number of hydrogen-bond acceptors (Lipinski definition) is 2. The van der Waals surface area contributed by atoms with Crippen molar-refractivity contribution in [3.63, 3.8) is 0 Å². The van der Waals surface area contributed by atoms with E-state index >= 15 is 0 Å². The summed E-state index contributed by atoms with van der Waals surface area (Å²) in [7, 11) is 0. The van der Waals surface area contributed by atoms with Crippen molar-refractivity contribution in [1.82, 2.24) is 0 Å². The molecular weight excluding hydrogens is 296 g/mol. The molecule has 1 unspecified atom stereocenters. The van der Waals surface area contributed by atoms with Crippen molar-refractivity contribution in [2.45, 2.75) is 90.8 Å². The lowest BCUT2D eigenvalue weighted by Gasteiger charge is -2.44. The number of hydrogen-bond donors (Lipinski definition) is 2. The first-order valence-corrected chi connectivity index (χ1v) is 10.2. The average Bonchev–Trinajstić information content (AvgIpc) is 2.89. The van der Waals surface area contributed by atoms with Crippen LogP contribution in [0.5, 0.6) is 0 Å². The minimum Gasteiger partial charge on any atom is -0.393 e. The van der Waals surface area contributed by atoms with Crippen LogP contribution in [-0.4, -0.2) is 22.4 Å². The van der Waals surface area contributed by atoms with Gasteiger partial charge in [0.2, 0.25) is 0 Å². The Hall–Kier alpha value is -0.600. The maximum atomic E-state index is 9.88. The van der Waals surface area contributed by atoms with Gasteiger partial charge in [0.1, 0.15) is 0 Å². The Kier molecular flexibility index (Phi) is 5.56. The van der Waals surface area contributed by atoms with Crippen molar-refractivity contribution in [2.75, 3.05) is 0 Å². The van der Waals surface area contributed by atoms with Crippen LogP contribution in [0, 0.1) is 23.2 Å². The van der Waals surface area contributed by atoms with Crippen LogP contribution in [0.1, 0.15) is 78.6 Å². The molecule has 0 amide bonds. The van der Waals surface area contributed by atoms with Gasteiger partial charge >= 0.3 is 0 Å². The predicted molar refractivity (Wildman–Crippen MR) is 99.7 cm³/mol. The van der Waals surface area contributed by atoms with Gasteiger partial charge in [0.15, 0.2) is 0 Å². The van der Waals surface area contributed by atoms with Crippen LogP contribution in [0.3, 0.4) is 0 Å². The molecule has 0 aromatic heterocycles. The van der Waals surface area contributed by atoms with E-state index in [2.05, 4.69) is 32.9 Å². The van der Waals surface area contributed by atoms with Crippen LogP contribution in [-0.2, 0) is 0 Å². The van der Waals surface area contributed by atoms with Gasteiger partial charge in [-0.05, 0) is 74.5 Å². The molecule has 3 rings (SSSR count). The molecule has 24 heavy (non-hydrogen) atoms. The number of rotatable bonds is 3. The van der Waals surface area contributed by atoms with Gasteiger partial charge in [-0.3, -0.25) is 0 Å². The summed E-state index contributed by atoms with van der Waals surface area (Å²) in [4.78, 5) is 0. The Morgan fingerprint density at radius 1 is 1.17 bits per heavy atom. The van der Waals surface area contributed by atoms with Gasteiger partial charge < -0.3 is 10.2 Å². The lowest BCUT2D eigenvalue weighted by atomic mass is 9.61. The van der Waals surface area contributed by atoms with E-state index in [1.165, 1.54) is 44.1 Å². The number of aliphatic hydroxyl groups is 2. The first kappa shape index (κ1) is 18.2. The molecule has 0 spiro atoms. The summed E-state index contributed by atoms with van der Waals surface area (Å²) < 4.78 is 0. The zero-order chi connectivity index (χ0) is 17.3. The Morgan fingerprint density at radius 2 is 1.88 bits per heavy atom. The van der Waals surface area contributed by atoms with Crippen molar-refractivity contribution < 1.29 is 10.2 Å². The molecule has 136 valence electrons. The Balaban J connectivity index is 1.77. The molecule has 2 N–H and O–H groups in total. The van der Waals surface area contributed by atoms with Gasteiger partial charge in [0.25, 0.3) is 0 Å². The van der Waals surface area contributed by atoms with Gasteiger partial charge in [-0.15, -0.1) is 0 Å². The molecule has 0 saturated heterocycles. The Bertz CT molecular complexity index is 494. The predicted octanol–water partition coefficient (Wildman–Crippen LogP) is 5.01. The van der Waals surface area contributed by atoms with Crippen molar-refractivity contribution in [3.05, 3.63) is 23.3 Å². The van der Waals surface area contributed by atoms with Crippen LogP contribution >= 0.6 is 0 Å². The lowest BCUT2D eigenvalue weighted by Crippen LogP contribution is -2.35. The minimum absolute atomic E-state index is 0.365. The largest absolute Gasteiger partial charge is 0.393 e. The fourth-order valence-corrected chi connectivity index (χ4v) is 6.03. The molecule has 0 radical (unpaired) electrons. The molecule has 0 aromatic carbocycles. The maximum absolute atomic E-state index is 9.88. The minimum atomic E-state index is -0.365. The third-order valence-corrected chi connectivity index (χ3v) is 7.44. The molecule has 3 fully saturated rings. The van der Waals surface area contributed by atoms with Crippen LogP contribution in [0.2, 0.25) is 0 Å². The molecule has 3 aliphatic carbocycles. The summed E-state index contributed by atoms with van der Waals surface area (Å²) in [6.45, 7) is 7.34. The molecule has 0 aliphatic heterocycles. The van der Waals surface area contributed by atoms with Gasteiger partial charge in [-0.25, -0.2) is 0 Å². The maximum Gasteiger partial charge on any atom is 0.0602 e. The number of fused-ring (bicyclic) bond motifs is 1. The number of allylic oxidation sites excluding steroid dienone is 3. The topological polar surface area (TPSA) is 40.5 Å². The van der Waals surface area contributed by atoms with Crippen LogP contribution in [0.4, 0.5) is 0 Å². The standard InChI is InChI=1S/C22H36O2/c1-4-15(2)20-9-10-21-17(6-5-11-22(20,21)3)8-7-16-12-18(23)14-19(24)13-16/h7-8,15,18-21,23-24H,4-6,9-14H2,1-3H3/b17-8+/t15-,18+,19+,20?,21-,22+/m0/s1. The van der Waals surface area contributed by atoms with Gasteiger partial charge in [0.05, 0.1) is 12.2 Å². The highest BCUT2D eigenvalue weighted by Crippen LogP contribution is 2.59. The zero-order valence-corrected chi connectivity index (χ0v) is 15.8. The van der Waals surface area contributed by atoms with Crippen molar-refractivity contribution in [2.24, 2.45) is 23.2 Å². The zero-order valence-electron chi connectivity index (χ0n) is 15.8. The van der Waals surface area contributed by atoms with E-state index in [1.54, 1.807) is 5.57 Å². The first-order chi connectivity index (χ1) is 11.4. The average molecular weight is 333 g/mol. The summed E-state index contributed by atoms with van der Waals surface area (Å²) in [6, 6.07) is 0. The van der Waals surface area contributed by atoms with Crippen LogP contribution in [0.25, 0.3) is 0 Å². The molecule has 6 atom stereocenters. The van der Waals surface area contributed by atoms with E-state index in [9.17, 15) is 10.2 Å². The molecule has 0 aromatic rings. The fourth-order valence-electron chi connectivity index (χ4n) is 6.03. The van der Waals surface area contributed by atoms with E-state index < -0.39 is 0 Å². The van der Waals surface area contributed by atoms with Gasteiger partial charge in [-0.1, -0.05) is 50.5 Å². The highest BCUT2D eigenvalue weighted by atomic mass is 16.3. The second-order valence-corrected chi connectivity index (χ2v) is 9.00. The van der Waals surface area contributed by atoms with Crippen molar-refractivity contribution >= 4 is 0 Å². The SMILES string of the molecule is CC[C@H](C)C1CC[C@H]2/C(=C/C=C3C[C@@H](O)C[C@H](O)C3)CCC[C@]12C. The van der Waals surface area contributed by atoms with Crippen LogP contribution in [0.15, 0.2) is 23.3 Å². The van der Waals surface area contributed by atoms with Crippen molar-refractivity contribution in [3.8, 4) is 0 Å². The molecule has 2 nitrogen and oxygen atoms in total. The third-order valence-electron chi connectivity index (χ3n) is 7.44. The van der Waals surface area contributed by atoms with Crippen molar-refractivity contribution in [1.29, 1.82) is 0 Å². The molecule has 0 bridgehead atoms. The quantitative estimate of drug-likeness (QED) is 0.763. The van der Waals surface area contributed by atoms with Gasteiger partial charge in [0, 0.05) is 0 Å². The van der Waals surface area contributed by atoms with E-state index in [-0.39, 0.29) is 12.2 Å². The summed E-state index contributed by atoms with van der Waals surface area (Å²) in [6.07, 6.45) is 13.8. The highest BCUT2D eigenvalue weighted by Gasteiger charge is 2.50. The van der Waals surface area contributed by atoms with Crippen LogP contribution < -0.4 is 0 Å². The summed E-state index contributed by atoms with van der Waals surface area (Å²) >= 11 is 0. The normalized spacial score (nSPS) is 42.9. The van der Waals surface area contributed by atoms with E-state index in [4.69, 9.17) is 0 Å². The molecule has 3 saturated carbocycles. The third kappa shape index (κ3) is 3.51.